The van der Waals surface area contributed by atoms with Gasteiger partial charge in [-0.15, -0.1) is 0 Å². The number of nitrogens with two attached hydrogens (primary N) is 1. The molecule has 1 unspecified atom stereocenters. The number of hydrogen-bond donors (Lipinski definition) is 2. The molecule has 3 N–H and O–H groups in total. The molecule has 3 heteroatoms. The normalized spacial score (nSPS) is 12.8. The van der Waals surface area contributed by atoms with E-state index in [1.807, 2.05) is 0 Å². The highest BCUT2D eigenvalue weighted by atomic mass is 16.5. The molecule has 0 aromatic carbocycles. The number of hydrogen-bond acceptors (Lipinski definition) is 2. The second-order valence-electron chi connectivity index (χ2n) is 3.24. The number of ether oxygens (including phenoxy) is 1. The smallest absolute Gasteiger partial charge is 0.0928 e. The van der Waals surface area contributed by atoms with Crippen LogP contribution in [0.1, 0.15) is 33.1 Å². The molecule has 72 valence electrons. The minimum atomic E-state index is 0.207. The van der Waals surface area contributed by atoms with E-state index >= 15 is 0 Å². The summed E-state index contributed by atoms with van der Waals surface area (Å²) in [5, 5.41) is 6.96. The lowest BCUT2D eigenvalue weighted by Crippen LogP contribution is -2.14. The third kappa shape index (κ3) is 7.54. The molecule has 0 spiro atoms. The van der Waals surface area contributed by atoms with Crippen molar-refractivity contribution in [3.05, 3.63) is 0 Å². The Kier molecular flexibility index (Phi) is 6.76. The Morgan fingerprint density at radius 2 is 2.25 bits per heavy atom. The third-order valence-corrected chi connectivity index (χ3v) is 1.70. The lowest BCUT2D eigenvalue weighted by Gasteiger charge is -2.09. The van der Waals surface area contributed by atoms with E-state index in [-0.39, 0.29) is 5.84 Å². The summed E-state index contributed by atoms with van der Waals surface area (Å²) in [6.45, 7) is 5.73. The van der Waals surface area contributed by atoms with Crippen molar-refractivity contribution in [2.24, 2.45) is 11.7 Å². The van der Waals surface area contributed by atoms with Gasteiger partial charge >= 0.3 is 0 Å². The van der Waals surface area contributed by atoms with Crippen LogP contribution in [0.25, 0.3) is 0 Å². The Morgan fingerprint density at radius 3 is 2.75 bits per heavy atom. The van der Waals surface area contributed by atoms with Gasteiger partial charge < -0.3 is 10.5 Å². The van der Waals surface area contributed by atoms with Gasteiger partial charge in [-0.2, -0.15) is 0 Å². The quantitative estimate of drug-likeness (QED) is 0.349. The molecule has 0 aliphatic carbocycles. The van der Waals surface area contributed by atoms with Gasteiger partial charge in [-0.1, -0.05) is 20.3 Å². The SMILES string of the molecule is CCCC(C)COCCC(=N)N. The van der Waals surface area contributed by atoms with Gasteiger partial charge in [-0.25, -0.2) is 0 Å². The van der Waals surface area contributed by atoms with E-state index in [4.69, 9.17) is 15.9 Å². The molecule has 0 radical (unpaired) electrons. The van der Waals surface area contributed by atoms with E-state index < -0.39 is 0 Å². The third-order valence-electron chi connectivity index (χ3n) is 1.70. The van der Waals surface area contributed by atoms with Crippen LogP contribution in [0.2, 0.25) is 0 Å². The second-order valence-corrected chi connectivity index (χ2v) is 3.24. The molecule has 0 fully saturated rings. The zero-order valence-corrected chi connectivity index (χ0v) is 8.10. The Labute approximate surface area is 74.8 Å². The van der Waals surface area contributed by atoms with Crippen molar-refractivity contribution in [2.75, 3.05) is 13.2 Å². The van der Waals surface area contributed by atoms with E-state index in [1.54, 1.807) is 0 Å². The molecule has 0 amide bonds. The largest absolute Gasteiger partial charge is 0.388 e. The maximum absolute atomic E-state index is 6.96. The Hall–Kier alpha value is -0.570. The number of rotatable bonds is 7. The minimum Gasteiger partial charge on any atom is -0.388 e. The molecule has 0 aliphatic rings. The van der Waals surface area contributed by atoms with Crippen molar-refractivity contribution in [3.63, 3.8) is 0 Å². The van der Waals surface area contributed by atoms with E-state index in [2.05, 4.69) is 13.8 Å². The Bertz CT molecular complexity index is 126. The number of amidine groups is 1. The van der Waals surface area contributed by atoms with Crippen molar-refractivity contribution in [2.45, 2.75) is 33.1 Å². The second kappa shape index (κ2) is 7.10. The highest BCUT2D eigenvalue weighted by molar-refractivity contribution is 5.76. The summed E-state index contributed by atoms with van der Waals surface area (Å²) in [5.74, 6) is 0.833. The highest BCUT2D eigenvalue weighted by Gasteiger charge is 1.99. The van der Waals surface area contributed by atoms with Crippen molar-refractivity contribution in [1.82, 2.24) is 0 Å². The summed E-state index contributed by atoms with van der Waals surface area (Å²) in [5.41, 5.74) is 5.17. The summed E-state index contributed by atoms with van der Waals surface area (Å²) < 4.78 is 5.34. The van der Waals surface area contributed by atoms with Crippen molar-refractivity contribution < 1.29 is 4.74 Å². The monoisotopic (exact) mass is 172 g/mol. The summed E-state index contributed by atoms with van der Waals surface area (Å²) in [7, 11) is 0. The highest BCUT2D eigenvalue weighted by Crippen LogP contribution is 2.04. The summed E-state index contributed by atoms with van der Waals surface area (Å²) in [4.78, 5) is 0. The lowest BCUT2D eigenvalue weighted by molar-refractivity contribution is 0.107. The van der Waals surface area contributed by atoms with Crippen LogP contribution in [0.15, 0.2) is 0 Å². The van der Waals surface area contributed by atoms with Gasteiger partial charge in [0, 0.05) is 13.0 Å². The predicted molar refractivity (Wildman–Crippen MR) is 51.4 cm³/mol. The topological polar surface area (TPSA) is 59.1 Å². The van der Waals surface area contributed by atoms with Gasteiger partial charge in [0.15, 0.2) is 0 Å². The molecule has 0 aromatic rings. The molecule has 0 bridgehead atoms. The van der Waals surface area contributed by atoms with Crippen LogP contribution in [-0.4, -0.2) is 19.0 Å². The molecule has 0 rings (SSSR count). The lowest BCUT2D eigenvalue weighted by atomic mass is 10.1. The van der Waals surface area contributed by atoms with Crippen molar-refractivity contribution in [3.8, 4) is 0 Å². The zero-order chi connectivity index (χ0) is 9.40. The molecule has 0 heterocycles. The van der Waals surface area contributed by atoms with E-state index in [1.165, 1.54) is 12.8 Å². The average molecular weight is 172 g/mol. The van der Waals surface area contributed by atoms with Gasteiger partial charge in [-0.05, 0) is 12.3 Å². The van der Waals surface area contributed by atoms with Crippen LogP contribution in [0.4, 0.5) is 0 Å². The van der Waals surface area contributed by atoms with Crippen LogP contribution >= 0.6 is 0 Å². The molecule has 3 nitrogen and oxygen atoms in total. The van der Waals surface area contributed by atoms with Crippen molar-refractivity contribution >= 4 is 5.84 Å². The van der Waals surface area contributed by atoms with Gasteiger partial charge in [0.05, 0.1) is 12.4 Å². The first-order valence-electron chi connectivity index (χ1n) is 4.57. The number of nitrogens with one attached hydrogen (secondary N) is 1. The standard InChI is InChI=1S/C9H20N2O/c1-3-4-8(2)7-12-6-5-9(10)11/h8H,3-7H2,1-2H3,(H3,10,11). The van der Waals surface area contributed by atoms with Crippen LogP contribution in [0, 0.1) is 11.3 Å². The average Bonchev–Trinajstić information content (AvgIpc) is 1.98. The van der Waals surface area contributed by atoms with Gasteiger partial charge in [0.1, 0.15) is 0 Å². The summed E-state index contributed by atoms with van der Waals surface area (Å²) in [6.07, 6.45) is 2.97. The molecule has 0 aliphatic heterocycles. The molecule has 12 heavy (non-hydrogen) atoms. The van der Waals surface area contributed by atoms with Crippen LogP contribution < -0.4 is 5.73 Å². The van der Waals surface area contributed by atoms with Crippen LogP contribution in [0.3, 0.4) is 0 Å². The van der Waals surface area contributed by atoms with Gasteiger partial charge in [0.2, 0.25) is 0 Å². The molecular weight excluding hydrogens is 152 g/mol. The summed E-state index contributed by atoms with van der Waals surface area (Å²) in [6, 6.07) is 0. The fourth-order valence-electron chi connectivity index (χ4n) is 1.04. The first kappa shape index (κ1) is 11.4. The minimum absolute atomic E-state index is 0.207. The van der Waals surface area contributed by atoms with Crippen LogP contribution in [-0.2, 0) is 4.74 Å². The molecular formula is C9H20N2O. The van der Waals surface area contributed by atoms with Gasteiger partial charge in [-0.3, -0.25) is 5.41 Å². The maximum atomic E-state index is 6.96. The molecule has 0 saturated heterocycles. The zero-order valence-electron chi connectivity index (χ0n) is 8.10. The summed E-state index contributed by atoms with van der Waals surface area (Å²) >= 11 is 0. The molecule has 0 saturated carbocycles. The van der Waals surface area contributed by atoms with E-state index in [0.717, 1.165) is 6.61 Å². The Balaban J connectivity index is 3.13. The first-order valence-corrected chi connectivity index (χ1v) is 4.57. The maximum Gasteiger partial charge on any atom is 0.0928 e. The van der Waals surface area contributed by atoms with Crippen LogP contribution in [0.5, 0.6) is 0 Å². The Morgan fingerprint density at radius 1 is 1.58 bits per heavy atom. The first-order chi connectivity index (χ1) is 5.66. The van der Waals surface area contributed by atoms with Gasteiger partial charge in [0.25, 0.3) is 0 Å². The predicted octanol–water partition coefficient (Wildman–Crippen LogP) is 1.77. The fraction of sp³-hybridized carbons (Fsp3) is 0.889. The fourth-order valence-corrected chi connectivity index (χ4v) is 1.04. The molecule has 0 aromatic heterocycles. The van der Waals surface area contributed by atoms with E-state index in [9.17, 15) is 0 Å². The van der Waals surface area contributed by atoms with Crippen molar-refractivity contribution in [1.29, 1.82) is 5.41 Å². The van der Waals surface area contributed by atoms with E-state index in [0.29, 0.717) is 18.9 Å². The molecule has 1 atom stereocenters.